The molecule has 2 saturated carbocycles. The van der Waals surface area contributed by atoms with Gasteiger partial charge in [0.25, 0.3) is 0 Å². The van der Waals surface area contributed by atoms with E-state index in [-0.39, 0.29) is 0 Å². The maximum atomic E-state index is 5.56. The fourth-order valence-electron chi connectivity index (χ4n) is 3.44. The van der Waals surface area contributed by atoms with Crippen LogP contribution in [0.5, 0.6) is 0 Å². The lowest BCUT2D eigenvalue weighted by atomic mass is 9.83. The molecular formula is C15H25NO. The van der Waals surface area contributed by atoms with Gasteiger partial charge in [0.15, 0.2) is 0 Å². The molecule has 3 rings (SSSR count). The van der Waals surface area contributed by atoms with E-state index in [9.17, 15) is 0 Å². The van der Waals surface area contributed by atoms with Gasteiger partial charge >= 0.3 is 0 Å². The maximum absolute atomic E-state index is 5.56. The molecule has 0 aromatic carbocycles. The van der Waals surface area contributed by atoms with Gasteiger partial charge in [0.05, 0.1) is 12.9 Å². The van der Waals surface area contributed by atoms with Crippen LogP contribution in [0, 0.1) is 17.8 Å². The fourth-order valence-corrected chi connectivity index (χ4v) is 3.44. The Hall–Kier alpha value is -0.500. The lowest BCUT2D eigenvalue weighted by Gasteiger charge is -2.31. The van der Waals surface area contributed by atoms with Gasteiger partial charge < -0.3 is 10.1 Å². The number of hydrogen-bond acceptors (Lipinski definition) is 2. The zero-order chi connectivity index (χ0) is 11.7. The van der Waals surface area contributed by atoms with Gasteiger partial charge in [0, 0.05) is 6.04 Å². The third kappa shape index (κ3) is 2.67. The summed E-state index contributed by atoms with van der Waals surface area (Å²) in [6.07, 6.45) is 10.4. The van der Waals surface area contributed by atoms with Crippen LogP contribution in [-0.2, 0) is 4.74 Å². The van der Waals surface area contributed by atoms with E-state index in [0.717, 1.165) is 30.9 Å². The highest BCUT2D eigenvalue weighted by Gasteiger charge is 2.46. The summed E-state index contributed by atoms with van der Waals surface area (Å²) in [5.41, 5.74) is 1.54. The summed E-state index contributed by atoms with van der Waals surface area (Å²) in [4.78, 5) is 0. The minimum absolute atomic E-state index is 0.611. The Balaban J connectivity index is 1.74. The first-order valence-electron chi connectivity index (χ1n) is 7.44. The first kappa shape index (κ1) is 11.6. The van der Waals surface area contributed by atoms with E-state index >= 15 is 0 Å². The second-order valence-electron chi connectivity index (χ2n) is 5.95. The van der Waals surface area contributed by atoms with Crippen molar-refractivity contribution in [1.82, 2.24) is 5.32 Å². The summed E-state index contributed by atoms with van der Waals surface area (Å²) in [6, 6.07) is 0.611. The number of hydrogen-bond donors (Lipinski definition) is 1. The Morgan fingerprint density at radius 2 is 2.00 bits per heavy atom. The lowest BCUT2D eigenvalue weighted by Crippen LogP contribution is -2.40. The minimum atomic E-state index is 0.611. The molecular weight excluding hydrogens is 210 g/mol. The molecule has 1 heterocycles. The van der Waals surface area contributed by atoms with E-state index in [0.29, 0.717) is 6.04 Å². The van der Waals surface area contributed by atoms with Crippen LogP contribution < -0.4 is 5.32 Å². The Morgan fingerprint density at radius 1 is 1.29 bits per heavy atom. The average molecular weight is 235 g/mol. The second-order valence-corrected chi connectivity index (χ2v) is 5.95. The molecule has 1 aliphatic heterocycles. The molecule has 0 bridgehead atoms. The number of likely N-dealkylation sites (N-methyl/N-ethyl adjacent to an activating group) is 1. The average Bonchev–Trinajstić information content (AvgIpc) is 3.24. The van der Waals surface area contributed by atoms with Crippen LogP contribution in [0.2, 0.25) is 0 Å². The van der Waals surface area contributed by atoms with Gasteiger partial charge in [0.2, 0.25) is 0 Å². The maximum Gasteiger partial charge on any atom is 0.0876 e. The zero-order valence-electron chi connectivity index (χ0n) is 11.0. The summed E-state index contributed by atoms with van der Waals surface area (Å²) < 4.78 is 5.56. The summed E-state index contributed by atoms with van der Waals surface area (Å²) in [5.74, 6) is 2.92. The molecule has 2 nitrogen and oxygen atoms in total. The van der Waals surface area contributed by atoms with Crippen LogP contribution in [0.1, 0.15) is 45.4 Å². The van der Waals surface area contributed by atoms with Crippen molar-refractivity contribution >= 4 is 0 Å². The van der Waals surface area contributed by atoms with Crippen molar-refractivity contribution in [3.8, 4) is 0 Å². The summed E-state index contributed by atoms with van der Waals surface area (Å²) in [5, 5.41) is 3.75. The van der Waals surface area contributed by atoms with Crippen LogP contribution in [-0.4, -0.2) is 19.2 Å². The summed E-state index contributed by atoms with van der Waals surface area (Å²) >= 11 is 0. The third-order valence-electron chi connectivity index (χ3n) is 4.50. The number of rotatable bonds is 6. The molecule has 96 valence electrons. The molecule has 2 aliphatic carbocycles. The number of nitrogens with one attached hydrogen (secondary N) is 1. The normalized spacial score (nSPS) is 26.6. The Morgan fingerprint density at radius 3 is 2.47 bits per heavy atom. The van der Waals surface area contributed by atoms with Crippen LogP contribution in [0.25, 0.3) is 0 Å². The van der Waals surface area contributed by atoms with Gasteiger partial charge in [-0.1, -0.05) is 6.92 Å². The molecule has 17 heavy (non-hydrogen) atoms. The monoisotopic (exact) mass is 235 g/mol. The van der Waals surface area contributed by atoms with Crippen molar-refractivity contribution in [2.45, 2.75) is 51.5 Å². The fraction of sp³-hybridized carbons (Fsp3) is 0.867. The van der Waals surface area contributed by atoms with Crippen LogP contribution in [0.15, 0.2) is 11.8 Å². The van der Waals surface area contributed by atoms with E-state index < -0.39 is 0 Å². The van der Waals surface area contributed by atoms with Crippen LogP contribution in [0.3, 0.4) is 0 Å². The molecule has 1 unspecified atom stereocenters. The van der Waals surface area contributed by atoms with Gasteiger partial charge in [-0.2, -0.15) is 0 Å². The third-order valence-corrected chi connectivity index (χ3v) is 4.50. The van der Waals surface area contributed by atoms with E-state index in [1.165, 1.54) is 38.5 Å². The molecule has 2 fully saturated rings. The quantitative estimate of drug-likeness (QED) is 0.764. The van der Waals surface area contributed by atoms with Crippen molar-refractivity contribution in [1.29, 1.82) is 0 Å². The molecule has 3 aliphatic rings. The van der Waals surface area contributed by atoms with E-state index in [1.54, 1.807) is 5.57 Å². The van der Waals surface area contributed by atoms with Crippen molar-refractivity contribution < 1.29 is 4.74 Å². The summed E-state index contributed by atoms with van der Waals surface area (Å²) in [7, 11) is 0. The molecule has 0 radical (unpaired) electrons. The molecule has 0 aromatic rings. The minimum Gasteiger partial charge on any atom is -0.501 e. The van der Waals surface area contributed by atoms with Crippen LogP contribution in [0.4, 0.5) is 0 Å². The zero-order valence-corrected chi connectivity index (χ0v) is 11.0. The molecule has 1 N–H and O–H groups in total. The molecule has 2 heteroatoms. The number of ether oxygens (including phenoxy) is 1. The Labute approximate surface area is 105 Å². The van der Waals surface area contributed by atoms with Gasteiger partial charge in [-0.05, 0) is 68.4 Å². The smallest absolute Gasteiger partial charge is 0.0876 e. The molecule has 0 saturated heterocycles. The Kier molecular flexibility index (Phi) is 3.41. The van der Waals surface area contributed by atoms with Gasteiger partial charge in [0.1, 0.15) is 0 Å². The predicted molar refractivity (Wildman–Crippen MR) is 69.7 cm³/mol. The Bertz CT molecular complexity index is 279. The highest BCUT2D eigenvalue weighted by Crippen LogP contribution is 2.52. The highest BCUT2D eigenvalue weighted by molar-refractivity contribution is 5.15. The standard InChI is InChI=1S/C15H25NO/c1-2-16-15(13-4-3-9-17-10-13)14(11-5-6-11)12-7-8-12/h10-12,14-16H,2-9H2,1H3. The van der Waals surface area contributed by atoms with Gasteiger partial charge in [-0.25, -0.2) is 0 Å². The van der Waals surface area contributed by atoms with Gasteiger partial charge in [-0.15, -0.1) is 0 Å². The van der Waals surface area contributed by atoms with E-state index in [4.69, 9.17) is 4.74 Å². The molecule has 0 amide bonds. The van der Waals surface area contributed by atoms with Crippen LogP contribution >= 0.6 is 0 Å². The first-order valence-corrected chi connectivity index (χ1v) is 7.44. The van der Waals surface area contributed by atoms with E-state index in [1.807, 2.05) is 0 Å². The van der Waals surface area contributed by atoms with Gasteiger partial charge in [-0.3, -0.25) is 0 Å². The topological polar surface area (TPSA) is 21.3 Å². The largest absolute Gasteiger partial charge is 0.501 e. The molecule has 0 aromatic heterocycles. The van der Waals surface area contributed by atoms with Crippen molar-refractivity contribution in [2.75, 3.05) is 13.2 Å². The summed E-state index contributed by atoms with van der Waals surface area (Å²) in [6.45, 7) is 4.23. The van der Waals surface area contributed by atoms with E-state index in [2.05, 4.69) is 18.5 Å². The van der Waals surface area contributed by atoms with Crippen molar-refractivity contribution in [3.63, 3.8) is 0 Å². The second kappa shape index (κ2) is 5.01. The first-order chi connectivity index (χ1) is 8.40. The molecule has 0 spiro atoms. The SMILES string of the molecule is CCNC(C1=COCCC1)C(C1CC1)C1CC1. The lowest BCUT2D eigenvalue weighted by molar-refractivity contribution is 0.208. The highest BCUT2D eigenvalue weighted by atomic mass is 16.5. The van der Waals surface area contributed by atoms with Crippen molar-refractivity contribution in [3.05, 3.63) is 11.8 Å². The van der Waals surface area contributed by atoms with Crippen molar-refractivity contribution in [2.24, 2.45) is 17.8 Å². The molecule has 1 atom stereocenters. The predicted octanol–water partition coefficient (Wildman–Crippen LogP) is 3.10.